The van der Waals surface area contributed by atoms with E-state index in [1.165, 1.54) is 19.2 Å². The molecule has 0 saturated carbocycles. The molecule has 2 N–H and O–H groups in total. The van der Waals surface area contributed by atoms with E-state index in [-0.39, 0.29) is 36.2 Å². The Labute approximate surface area is 233 Å². The summed E-state index contributed by atoms with van der Waals surface area (Å²) in [6.45, 7) is 2.95. The second-order valence-corrected chi connectivity index (χ2v) is 10.1. The lowest BCUT2D eigenvalue weighted by Crippen LogP contribution is -2.56. The molecule has 1 fully saturated rings. The Morgan fingerprint density at radius 2 is 1.98 bits per heavy atom. The van der Waals surface area contributed by atoms with Crippen LogP contribution in [0.4, 0.5) is 4.39 Å². The number of carbonyl (C=O) groups is 3. The highest BCUT2D eigenvalue weighted by Gasteiger charge is 2.36. The third kappa shape index (κ3) is 7.02. The Bertz CT molecular complexity index is 1280. The highest BCUT2D eigenvalue weighted by Crippen LogP contribution is 2.21. The molecule has 0 bridgehead atoms. The van der Waals surface area contributed by atoms with Gasteiger partial charge >= 0.3 is 0 Å². The molecule has 3 atom stereocenters. The average molecular weight is 553 g/mol. The zero-order chi connectivity index (χ0) is 28.6. The van der Waals surface area contributed by atoms with Crippen LogP contribution in [-0.4, -0.2) is 95.4 Å². The van der Waals surface area contributed by atoms with Gasteiger partial charge in [-0.15, -0.1) is 0 Å². The molecule has 0 spiro atoms. The first-order valence-electron chi connectivity index (χ1n) is 13.5. The second-order valence-electron chi connectivity index (χ2n) is 10.1. The minimum absolute atomic E-state index is 0.0404. The van der Waals surface area contributed by atoms with Crippen molar-refractivity contribution < 1.29 is 23.5 Å². The fraction of sp³-hybridized carbons (Fsp3) is 0.448. The van der Waals surface area contributed by atoms with Crippen LogP contribution in [-0.2, 0) is 20.7 Å². The number of fused-ring (bicyclic) bond motifs is 1. The smallest absolute Gasteiger partial charge is 0.274 e. The lowest BCUT2D eigenvalue weighted by Gasteiger charge is -2.33. The Morgan fingerprint density at radius 3 is 2.67 bits per heavy atom. The molecule has 10 nitrogen and oxygen atoms in total. The van der Waals surface area contributed by atoms with Gasteiger partial charge in [-0.05, 0) is 63.1 Å². The van der Waals surface area contributed by atoms with Crippen LogP contribution in [0.2, 0.25) is 0 Å². The van der Waals surface area contributed by atoms with Gasteiger partial charge in [-0.1, -0.05) is 18.2 Å². The number of carbonyl (C=O) groups excluding carboxylic acids is 3. The maximum atomic E-state index is 13.7. The number of likely N-dealkylation sites (N-methyl/N-ethyl adjacent to an activating group) is 1. The second kappa shape index (κ2) is 13.5. The SMILES string of the molecule is CNC(C)C(=O)NC(COC)C(=O)N1CCCC1CN(CCc1ccc(F)cc1)C(=O)c1cn2ccccc2n1. The fourth-order valence-corrected chi connectivity index (χ4v) is 4.93. The first kappa shape index (κ1) is 29.2. The molecule has 3 heterocycles. The molecule has 214 valence electrons. The van der Waals surface area contributed by atoms with Crippen molar-refractivity contribution in [3.63, 3.8) is 0 Å². The normalized spacial score (nSPS) is 16.6. The van der Waals surface area contributed by atoms with Gasteiger partial charge in [0.2, 0.25) is 11.8 Å². The number of methoxy groups -OCH3 is 1. The fourth-order valence-electron chi connectivity index (χ4n) is 4.93. The van der Waals surface area contributed by atoms with Crippen LogP contribution in [0.3, 0.4) is 0 Å². The molecule has 3 amide bonds. The third-order valence-electron chi connectivity index (χ3n) is 7.32. The summed E-state index contributed by atoms with van der Waals surface area (Å²) in [5.41, 5.74) is 1.87. The van der Waals surface area contributed by atoms with Crippen molar-refractivity contribution >= 4 is 23.4 Å². The molecule has 1 saturated heterocycles. The summed E-state index contributed by atoms with van der Waals surface area (Å²) in [5, 5.41) is 5.67. The minimum atomic E-state index is -0.837. The number of amides is 3. The van der Waals surface area contributed by atoms with Gasteiger partial charge in [-0.3, -0.25) is 14.4 Å². The number of hydrogen-bond donors (Lipinski definition) is 2. The average Bonchev–Trinajstić information content (AvgIpc) is 3.61. The van der Waals surface area contributed by atoms with Gasteiger partial charge in [0.05, 0.1) is 12.6 Å². The van der Waals surface area contributed by atoms with Crippen LogP contribution >= 0.6 is 0 Å². The number of pyridine rings is 1. The highest BCUT2D eigenvalue weighted by molar-refractivity contribution is 5.93. The van der Waals surface area contributed by atoms with Gasteiger partial charge in [0.15, 0.2) is 0 Å². The lowest BCUT2D eigenvalue weighted by atomic mass is 10.1. The Hall–Kier alpha value is -3.83. The summed E-state index contributed by atoms with van der Waals surface area (Å²) >= 11 is 0. The molecule has 2 aromatic heterocycles. The van der Waals surface area contributed by atoms with Crippen molar-refractivity contribution in [2.75, 3.05) is 40.4 Å². The molecule has 1 aliphatic rings. The van der Waals surface area contributed by atoms with Crippen molar-refractivity contribution in [1.82, 2.24) is 29.8 Å². The number of halogens is 1. The first-order valence-corrected chi connectivity index (χ1v) is 13.5. The highest BCUT2D eigenvalue weighted by atomic mass is 19.1. The van der Waals surface area contributed by atoms with Gasteiger partial charge in [0.1, 0.15) is 23.2 Å². The van der Waals surface area contributed by atoms with E-state index >= 15 is 0 Å². The largest absolute Gasteiger partial charge is 0.382 e. The van der Waals surface area contributed by atoms with E-state index in [0.717, 1.165) is 18.4 Å². The Morgan fingerprint density at radius 1 is 1.20 bits per heavy atom. The summed E-state index contributed by atoms with van der Waals surface area (Å²) in [6.07, 6.45) is 5.55. The molecule has 1 aliphatic heterocycles. The third-order valence-corrected chi connectivity index (χ3v) is 7.32. The minimum Gasteiger partial charge on any atom is -0.382 e. The maximum absolute atomic E-state index is 13.7. The van der Waals surface area contributed by atoms with Gasteiger partial charge in [-0.2, -0.15) is 0 Å². The van der Waals surface area contributed by atoms with E-state index in [4.69, 9.17) is 4.74 Å². The number of likely N-dealkylation sites (tertiary alicyclic amines) is 1. The summed E-state index contributed by atoms with van der Waals surface area (Å²) in [4.78, 5) is 47.8. The van der Waals surface area contributed by atoms with Crippen molar-refractivity contribution in [1.29, 1.82) is 0 Å². The lowest BCUT2D eigenvalue weighted by molar-refractivity contribution is -0.139. The zero-order valence-corrected chi connectivity index (χ0v) is 23.2. The van der Waals surface area contributed by atoms with Crippen molar-refractivity contribution in [3.05, 3.63) is 71.9 Å². The van der Waals surface area contributed by atoms with Crippen LogP contribution in [0.1, 0.15) is 35.8 Å². The molecule has 3 unspecified atom stereocenters. The van der Waals surface area contributed by atoms with E-state index in [2.05, 4.69) is 15.6 Å². The molecule has 0 aliphatic carbocycles. The first-order chi connectivity index (χ1) is 19.3. The topological polar surface area (TPSA) is 108 Å². The van der Waals surface area contributed by atoms with Gasteiger partial charge < -0.3 is 29.6 Å². The molecule has 11 heteroatoms. The van der Waals surface area contributed by atoms with Gasteiger partial charge in [0.25, 0.3) is 5.91 Å². The quantitative estimate of drug-likeness (QED) is 0.355. The summed E-state index contributed by atoms with van der Waals surface area (Å²) < 4.78 is 20.5. The molecule has 0 radical (unpaired) electrons. The predicted octanol–water partition coefficient (Wildman–Crippen LogP) is 1.89. The van der Waals surface area contributed by atoms with Crippen molar-refractivity contribution in [2.45, 2.75) is 44.3 Å². The number of nitrogens with one attached hydrogen (secondary N) is 2. The number of nitrogens with zero attached hydrogens (tertiary/aromatic N) is 4. The number of aromatic nitrogens is 2. The molecule has 1 aromatic carbocycles. The molecule has 4 rings (SSSR count). The van der Waals surface area contributed by atoms with Crippen LogP contribution in [0, 0.1) is 5.82 Å². The number of ether oxygens (including phenoxy) is 1. The predicted molar refractivity (Wildman–Crippen MR) is 148 cm³/mol. The molecule has 3 aromatic rings. The number of benzene rings is 1. The number of imidazole rings is 1. The van der Waals surface area contributed by atoms with Crippen LogP contribution < -0.4 is 10.6 Å². The van der Waals surface area contributed by atoms with E-state index < -0.39 is 12.1 Å². The monoisotopic (exact) mass is 552 g/mol. The standard InChI is InChI=1S/C29H37FN6O4/c1-20(31-2)27(37)33-25(19-40-3)29(39)36-15-6-7-23(36)17-35(16-13-21-9-11-22(30)12-10-21)28(38)24-18-34-14-5-4-8-26(34)32-24/h4-5,8-12,14,18,20,23,25,31H,6-7,13,15-17,19H2,1-3H3,(H,33,37). The summed E-state index contributed by atoms with van der Waals surface area (Å²) in [7, 11) is 3.16. The van der Waals surface area contributed by atoms with E-state index in [1.807, 2.05) is 24.4 Å². The zero-order valence-electron chi connectivity index (χ0n) is 23.2. The van der Waals surface area contributed by atoms with Crippen LogP contribution in [0.15, 0.2) is 54.9 Å². The summed E-state index contributed by atoms with van der Waals surface area (Å²) in [6, 6.07) is 10.2. The van der Waals surface area contributed by atoms with Crippen molar-refractivity contribution in [2.24, 2.45) is 0 Å². The Kier molecular flexibility index (Phi) is 9.84. The van der Waals surface area contributed by atoms with E-state index in [9.17, 15) is 18.8 Å². The molecular weight excluding hydrogens is 515 g/mol. The van der Waals surface area contributed by atoms with Crippen molar-refractivity contribution in [3.8, 4) is 0 Å². The van der Waals surface area contributed by atoms with Gasteiger partial charge in [-0.25, -0.2) is 9.37 Å². The summed E-state index contributed by atoms with van der Waals surface area (Å²) in [5.74, 6) is -1.09. The Balaban J connectivity index is 1.53. The van der Waals surface area contributed by atoms with E-state index in [1.54, 1.807) is 46.5 Å². The van der Waals surface area contributed by atoms with Gasteiger partial charge in [0, 0.05) is 45.2 Å². The van der Waals surface area contributed by atoms with Crippen LogP contribution in [0.5, 0.6) is 0 Å². The molecular formula is C29H37FN6O4. The number of rotatable bonds is 12. The number of hydrogen-bond acceptors (Lipinski definition) is 6. The maximum Gasteiger partial charge on any atom is 0.274 e. The van der Waals surface area contributed by atoms with E-state index in [0.29, 0.717) is 37.4 Å². The molecule has 40 heavy (non-hydrogen) atoms. The van der Waals surface area contributed by atoms with Crippen LogP contribution in [0.25, 0.3) is 5.65 Å².